The predicted octanol–water partition coefficient (Wildman–Crippen LogP) is 1.59. The SMILES string of the molecule is COc1ccc(C(=O)N2CCCN(S(=O)(=O)c3c(C)nn(C)c3C)CC2)c(OC)c1. The van der Waals surface area contributed by atoms with E-state index in [0.717, 1.165) is 0 Å². The van der Waals surface area contributed by atoms with Gasteiger partial charge < -0.3 is 14.4 Å². The zero-order valence-electron chi connectivity index (χ0n) is 18.0. The number of rotatable bonds is 5. The lowest BCUT2D eigenvalue weighted by Gasteiger charge is -2.23. The number of aromatic nitrogens is 2. The van der Waals surface area contributed by atoms with Gasteiger partial charge in [-0.25, -0.2) is 8.42 Å². The highest BCUT2D eigenvalue weighted by Crippen LogP contribution is 2.27. The number of sulfonamides is 1. The van der Waals surface area contributed by atoms with Crippen molar-refractivity contribution in [3.8, 4) is 11.5 Å². The molecular weight excluding hydrogens is 408 g/mol. The van der Waals surface area contributed by atoms with E-state index < -0.39 is 10.0 Å². The molecule has 0 bridgehead atoms. The Kier molecular flexibility index (Phi) is 6.37. The molecule has 1 aromatic heterocycles. The average Bonchev–Trinajstić information content (AvgIpc) is 2.90. The molecule has 2 aromatic rings. The molecule has 164 valence electrons. The van der Waals surface area contributed by atoms with Gasteiger partial charge in [0, 0.05) is 39.3 Å². The average molecular weight is 437 g/mol. The van der Waals surface area contributed by atoms with Crippen molar-refractivity contribution >= 4 is 15.9 Å². The van der Waals surface area contributed by atoms with Crippen molar-refractivity contribution in [3.05, 3.63) is 35.2 Å². The highest BCUT2D eigenvalue weighted by Gasteiger charge is 2.33. The first-order valence-electron chi connectivity index (χ1n) is 9.72. The zero-order valence-corrected chi connectivity index (χ0v) is 18.8. The first-order valence-corrected chi connectivity index (χ1v) is 11.2. The Labute approximate surface area is 177 Å². The van der Waals surface area contributed by atoms with Gasteiger partial charge in [-0.05, 0) is 32.4 Å². The Morgan fingerprint density at radius 1 is 1.07 bits per heavy atom. The molecule has 1 aromatic carbocycles. The van der Waals surface area contributed by atoms with Gasteiger partial charge in [0.05, 0.1) is 31.2 Å². The molecule has 0 N–H and O–H groups in total. The van der Waals surface area contributed by atoms with Gasteiger partial charge in [-0.1, -0.05) is 0 Å². The van der Waals surface area contributed by atoms with Gasteiger partial charge in [-0.3, -0.25) is 9.48 Å². The fraction of sp³-hybridized carbons (Fsp3) is 0.500. The number of carbonyl (C=O) groups is 1. The second kappa shape index (κ2) is 8.65. The van der Waals surface area contributed by atoms with Gasteiger partial charge in [-0.15, -0.1) is 0 Å². The molecule has 3 rings (SSSR count). The van der Waals surface area contributed by atoms with Gasteiger partial charge in [0.15, 0.2) is 0 Å². The monoisotopic (exact) mass is 436 g/mol. The van der Waals surface area contributed by atoms with Gasteiger partial charge >= 0.3 is 0 Å². The Hall–Kier alpha value is -2.59. The van der Waals surface area contributed by atoms with E-state index >= 15 is 0 Å². The minimum absolute atomic E-state index is 0.192. The molecule has 0 saturated carbocycles. The number of methoxy groups -OCH3 is 2. The number of nitrogens with zero attached hydrogens (tertiary/aromatic N) is 4. The number of ether oxygens (including phenoxy) is 2. The summed E-state index contributed by atoms with van der Waals surface area (Å²) in [6, 6.07) is 5.04. The van der Waals surface area contributed by atoms with Gasteiger partial charge in [0.2, 0.25) is 10.0 Å². The summed E-state index contributed by atoms with van der Waals surface area (Å²) in [5.41, 5.74) is 1.51. The summed E-state index contributed by atoms with van der Waals surface area (Å²) in [5, 5.41) is 4.23. The molecule has 0 unspecified atom stereocenters. The van der Waals surface area contributed by atoms with E-state index in [4.69, 9.17) is 9.47 Å². The highest BCUT2D eigenvalue weighted by atomic mass is 32.2. The first-order chi connectivity index (χ1) is 14.2. The molecule has 30 heavy (non-hydrogen) atoms. The van der Waals surface area contributed by atoms with Crippen LogP contribution in [0.1, 0.15) is 28.2 Å². The van der Waals surface area contributed by atoms with Gasteiger partial charge in [0.1, 0.15) is 16.4 Å². The van der Waals surface area contributed by atoms with Crippen molar-refractivity contribution in [2.45, 2.75) is 25.2 Å². The van der Waals surface area contributed by atoms with Crippen LogP contribution in [-0.2, 0) is 17.1 Å². The molecule has 1 amide bonds. The lowest BCUT2D eigenvalue weighted by molar-refractivity contribution is 0.0761. The molecule has 2 heterocycles. The van der Waals surface area contributed by atoms with Crippen LogP contribution >= 0.6 is 0 Å². The van der Waals surface area contributed by atoms with Crippen LogP contribution in [0.5, 0.6) is 11.5 Å². The summed E-state index contributed by atoms with van der Waals surface area (Å²) >= 11 is 0. The summed E-state index contributed by atoms with van der Waals surface area (Å²) in [7, 11) is 1.09. The van der Waals surface area contributed by atoms with Crippen molar-refractivity contribution in [1.82, 2.24) is 19.0 Å². The van der Waals surface area contributed by atoms with E-state index in [2.05, 4.69) is 5.10 Å². The van der Waals surface area contributed by atoms with Crippen LogP contribution in [0, 0.1) is 13.8 Å². The summed E-state index contributed by atoms with van der Waals surface area (Å²) in [4.78, 5) is 15.0. The van der Waals surface area contributed by atoms with Crippen LogP contribution in [0.15, 0.2) is 23.1 Å². The fourth-order valence-corrected chi connectivity index (χ4v) is 5.61. The van der Waals surface area contributed by atoms with E-state index in [0.29, 0.717) is 54.5 Å². The van der Waals surface area contributed by atoms with Gasteiger partial charge in [-0.2, -0.15) is 9.40 Å². The molecule has 1 saturated heterocycles. The maximum absolute atomic E-state index is 13.2. The second-order valence-corrected chi connectivity index (χ2v) is 9.11. The Balaban J connectivity index is 1.80. The van der Waals surface area contributed by atoms with Crippen molar-refractivity contribution in [3.63, 3.8) is 0 Å². The lowest BCUT2D eigenvalue weighted by atomic mass is 10.1. The van der Waals surface area contributed by atoms with E-state index in [1.54, 1.807) is 55.8 Å². The maximum atomic E-state index is 13.2. The number of hydrogen-bond donors (Lipinski definition) is 0. The predicted molar refractivity (Wildman–Crippen MR) is 112 cm³/mol. The molecule has 0 atom stereocenters. The van der Waals surface area contributed by atoms with Crippen molar-refractivity contribution in [1.29, 1.82) is 0 Å². The molecule has 0 aliphatic carbocycles. The number of aryl methyl sites for hydroxylation is 2. The summed E-state index contributed by atoms with van der Waals surface area (Å²) in [6.45, 7) is 4.77. The van der Waals surface area contributed by atoms with Crippen molar-refractivity contribution in [2.75, 3.05) is 40.4 Å². The third-order valence-electron chi connectivity index (χ3n) is 5.42. The maximum Gasteiger partial charge on any atom is 0.257 e. The van der Waals surface area contributed by atoms with E-state index in [1.165, 1.54) is 11.4 Å². The van der Waals surface area contributed by atoms with Crippen LogP contribution in [0.25, 0.3) is 0 Å². The van der Waals surface area contributed by atoms with Crippen LogP contribution in [-0.4, -0.2) is 73.7 Å². The Morgan fingerprint density at radius 3 is 2.40 bits per heavy atom. The minimum atomic E-state index is -3.69. The molecule has 10 heteroatoms. The molecule has 9 nitrogen and oxygen atoms in total. The number of amides is 1. The lowest BCUT2D eigenvalue weighted by Crippen LogP contribution is -2.37. The number of carbonyl (C=O) groups excluding carboxylic acids is 1. The topological polar surface area (TPSA) is 94.0 Å². The second-order valence-electron chi connectivity index (χ2n) is 7.24. The fourth-order valence-electron chi connectivity index (χ4n) is 3.74. The van der Waals surface area contributed by atoms with Crippen LogP contribution in [0.4, 0.5) is 0 Å². The summed E-state index contributed by atoms with van der Waals surface area (Å²) in [6.07, 6.45) is 0.543. The third kappa shape index (κ3) is 4.01. The van der Waals surface area contributed by atoms with E-state index in [-0.39, 0.29) is 17.3 Å². The van der Waals surface area contributed by atoms with E-state index in [9.17, 15) is 13.2 Å². The summed E-state index contributed by atoms with van der Waals surface area (Å²) < 4.78 is 40.1. The highest BCUT2D eigenvalue weighted by molar-refractivity contribution is 7.89. The Morgan fingerprint density at radius 2 is 1.80 bits per heavy atom. The van der Waals surface area contributed by atoms with Crippen LogP contribution in [0.2, 0.25) is 0 Å². The smallest absolute Gasteiger partial charge is 0.257 e. The van der Waals surface area contributed by atoms with Crippen molar-refractivity contribution in [2.24, 2.45) is 7.05 Å². The van der Waals surface area contributed by atoms with Crippen LogP contribution in [0.3, 0.4) is 0 Å². The zero-order chi connectivity index (χ0) is 22.1. The van der Waals surface area contributed by atoms with Crippen molar-refractivity contribution < 1.29 is 22.7 Å². The van der Waals surface area contributed by atoms with Crippen LogP contribution < -0.4 is 9.47 Å². The molecule has 1 aliphatic rings. The molecule has 0 radical (unpaired) electrons. The molecule has 1 fully saturated rings. The Bertz CT molecular complexity index is 1050. The first kappa shape index (κ1) is 22.1. The molecule has 0 spiro atoms. The van der Waals surface area contributed by atoms with E-state index in [1.807, 2.05) is 0 Å². The minimum Gasteiger partial charge on any atom is -0.497 e. The molecule has 1 aliphatic heterocycles. The number of benzene rings is 1. The summed E-state index contributed by atoms with van der Waals surface area (Å²) in [5.74, 6) is 0.830. The van der Waals surface area contributed by atoms with Gasteiger partial charge in [0.25, 0.3) is 5.91 Å². The largest absolute Gasteiger partial charge is 0.497 e. The third-order valence-corrected chi connectivity index (χ3v) is 7.57. The number of hydrogen-bond acceptors (Lipinski definition) is 6. The normalized spacial score (nSPS) is 15.7. The standard InChI is InChI=1S/C20H28N4O5S/c1-14-19(15(2)22(3)21-14)30(26,27)24-10-6-9-23(11-12-24)20(25)17-8-7-16(28-4)13-18(17)29-5/h7-8,13H,6,9-12H2,1-5H3. The quantitative estimate of drug-likeness (QED) is 0.707. The molecular formula is C20H28N4O5S.